The minimum atomic E-state index is -0.0262. The molecule has 1 aliphatic rings. The van der Waals surface area contributed by atoms with E-state index in [2.05, 4.69) is 34.6 Å². The number of carbonyl (C=O) groups is 1. The van der Waals surface area contributed by atoms with Crippen LogP contribution in [0.25, 0.3) is 0 Å². The fourth-order valence-corrected chi connectivity index (χ4v) is 3.75. The van der Waals surface area contributed by atoms with Gasteiger partial charge in [-0.1, -0.05) is 43.7 Å². The molecule has 0 aliphatic carbocycles. The van der Waals surface area contributed by atoms with Gasteiger partial charge in [0, 0.05) is 30.4 Å². The van der Waals surface area contributed by atoms with Crippen LogP contribution in [-0.4, -0.2) is 31.6 Å². The van der Waals surface area contributed by atoms with E-state index in [0.29, 0.717) is 11.6 Å². The van der Waals surface area contributed by atoms with Crippen molar-refractivity contribution in [3.8, 4) is 0 Å². The minimum Gasteiger partial charge on any atom is -0.371 e. The van der Waals surface area contributed by atoms with Crippen molar-refractivity contribution in [2.45, 2.75) is 51.6 Å². The number of hydrogen-bond acceptors (Lipinski definition) is 3. The summed E-state index contributed by atoms with van der Waals surface area (Å²) >= 11 is 0. The van der Waals surface area contributed by atoms with Gasteiger partial charge >= 0.3 is 0 Å². The van der Waals surface area contributed by atoms with Gasteiger partial charge in [0.2, 0.25) is 0 Å². The van der Waals surface area contributed by atoms with Crippen LogP contribution in [0.4, 0.5) is 5.69 Å². The zero-order chi connectivity index (χ0) is 19.8. The van der Waals surface area contributed by atoms with Crippen molar-refractivity contribution >= 4 is 11.6 Å². The first-order valence-corrected chi connectivity index (χ1v) is 10.6. The van der Waals surface area contributed by atoms with Crippen LogP contribution >= 0.6 is 0 Å². The van der Waals surface area contributed by atoms with Crippen molar-refractivity contribution in [1.82, 2.24) is 10.6 Å². The molecule has 2 aromatic carbocycles. The molecule has 1 aliphatic heterocycles. The van der Waals surface area contributed by atoms with Crippen molar-refractivity contribution in [1.29, 1.82) is 0 Å². The van der Waals surface area contributed by atoms with Crippen LogP contribution in [-0.2, 0) is 0 Å². The number of carbonyl (C=O) groups excluding carboxylic acids is 1. The molecule has 0 unspecified atom stereocenters. The Morgan fingerprint density at radius 1 is 1.07 bits per heavy atom. The molecule has 4 heteroatoms. The summed E-state index contributed by atoms with van der Waals surface area (Å²) in [5, 5.41) is 6.75. The Balaban J connectivity index is 1.50. The fourth-order valence-electron chi connectivity index (χ4n) is 3.75. The summed E-state index contributed by atoms with van der Waals surface area (Å²) in [6.07, 6.45) is 4.86. The highest BCUT2D eigenvalue weighted by Crippen LogP contribution is 2.21. The average molecular weight is 380 g/mol. The lowest BCUT2D eigenvalue weighted by Crippen LogP contribution is -2.42. The van der Waals surface area contributed by atoms with E-state index in [1.807, 2.05) is 49.4 Å². The van der Waals surface area contributed by atoms with E-state index in [0.717, 1.165) is 25.2 Å². The maximum Gasteiger partial charge on any atom is 0.251 e. The third-order valence-electron chi connectivity index (χ3n) is 5.60. The Morgan fingerprint density at radius 3 is 2.39 bits per heavy atom. The molecule has 4 nitrogen and oxygen atoms in total. The Bertz CT molecular complexity index is 721. The third-order valence-corrected chi connectivity index (χ3v) is 5.60. The first kappa shape index (κ1) is 20.4. The second kappa shape index (κ2) is 10.3. The predicted octanol–water partition coefficient (Wildman–Crippen LogP) is 4.54. The topological polar surface area (TPSA) is 44.4 Å². The summed E-state index contributed by atoms with van der Waals surface area (Å²) in [5.74, 6) is -0.0262. The number of nitrogens with one attached hydrogen (secondary N) is 2. The molecule has 1 heterocycles. The molecule has 0 spiro atoms. The van der Waals surface area contributed by atoms with Crippen molar-refractivity contribution in [2.75, 3.05) is 24.5 Å². The molecular weight excluding hydrogens is 346 g/mol. The lowest BCUT2D eigenvalue weighted by Gasteiger charge is -2.34. The molecule has 1 amide bonds. The summed E-state index contributed by atoms with van der Waals surface area (Å²) in [5.41, 5.74) is 3.03. The number of piperidine rings is 1. The van der Waals surface area contributed by atoms with E-state index in [1.165, 1.54) is 31.4 Å². The number of benzene rings is 2. The van der Waals surface area contributed by atoms with Gasteiger partial charge in [-0.25, -0.2) is 0 Å². The van der Waals surface area contributed by atoms with Crippen LogP contribution < -0.4 is 15.5 Å². The average Bonchev–Trinajstić information content (AvgIpc) is 2.75. The van der Waals surface area contributed by atoms with Crippen LogP contribution in [0, 0.1) is 0 Å². The lowest BCUT2D eigenvalue weighted by molar-refractivity contribution is 0.0940. The first-order chi connectivity index (χ1) is 13.7. The molecule has 0 bridgehead atoms. The van der Waals surface area contributed by atoms with E-state index in [-0.39, 0.29) is 11.9 Å². The molecule has 0 saturated carbocycles. The van der Waals surface area contributed by atoms with Crippen molar-refractivity contribution in [2.24, 2.45) is 0 Å². The van der Waals surface area contributed by atoms with Crippen molar-refractivity contribution in [3.05, 3.63) is 65.7 Å². The Labute approximate surface area is 169 Å². The molecule has 1 saturated heterocycles. The molecule has 3 rings (SSSR count). The highest BCUT2D eigenvalue weighted by molar-refractivity contribution is 5.94. The third kappa shape index (κ3) is 5.59. The van der Waals surface area contributed by atoms with Gasteiger partial charge in [-0.15, -0.1) is 0 Å². The second-order valence-corrected chi connectivity index (χ2v) is 7.72. The van der Waals surface area contributed by atoms with Gasteiger partial charge < -0.3 is 15.5 Å². The number of nitrogens with zero attached hydrogens (tertiary/aromatic N) is 1. The Morgan fingerprint density at radius 2 is 1.75 bits per heavy atom. The normalized spacial score (nSPS) is 16.0. The summed E-state index contributed by atoms with van der Waals surface area (Å²) < 4.78 is 0. The molecule has 0 aromatic heterocycles. The van der Waals surface area contributed by atoms with Crippen LogP contribution in [0.5, 0.6) is 0 Å². The number of anilines is 1. The summed E-state index contributed by atoms with van der Waals surface area (Å²) in [4.78, 5) is 15.0. The predicted molar refractivity (Wildman–Crippen MR) is 117 cm³/mol. The molecule has 1 fully saturated rings. The fraction of sp³-hybridized carbons (Fsp3) is 0.458. The van der Waals surface area contributed by atoms with Gasteiger partial charge in [0.25, 0.3) is 5.91 Å². The van der Waals surface area contributed by atoms with E-state index in [1.54, 1.807) is 0 Å². The van der Waals surface area contributed by atoms with E-state index >= 15 is 0 Å². The standard InChI is InChI=1S/C24H33N3O/c1-3-4-16-25-22-14-17-27(18-15-22)23-12-10-21(11-13-23)24(28)26-19(2)20-8-6-5-7-9-20/h5-13,19,22,25H,3-4,14-18H2,1-2H3,(H,26,28)/t19-/m0/s1. The van der Waals surface area contributed by atoms with Gasteiger partial charge in [0.15, 0.2) is 0 Å². The van der Waals surface area contributed by atoms with Gasteiger partial charge in [0.05, 0.1) is 6.04 Å². The van der Waals surface area contributed by atoms with Crippen LogP contribution in [0.15, 0.2) is 54.6 Å². The van der Waals surface area contributed by atoms with E-state index in [9.17, 15) is 4.79 Å². The molecule has 1 atom stereocenters. The van der Waals surface area contributed by atoms with Gasteiger partial charge in [-0.05, 0) is 62.6 Å². The maximum atomic E-state index is 12.6. The van der Waals surface area contributed by atoms with Gasteiger partial charge in [0.1, 0.15) is 0 Å². The number of hydrogen-bond donors (Lipinski definition) is 2. The number of amides is 1. The van der Waals surface area contributed by atoms with Crippen LogP contribution in [0.1, 0.15) is 61.5 Å². The van der Waals surface area contributed by atoms with E-state index in [4.69, 9.17) is 0 Å². The zero-order valence-electron chi connectivity index (χ0n) is 17.2. The van der Waals surface area contributed by atoms with Crippen molar-refractivity contribution < 1.29 is 4.79 Å². The van der Waals surface area contributed by atoms with Crippen LogP contribution in [0.2, 0.25) is 0 Å². The number of rotatable bonds is 8. The van der Waals surface area contributed by atoms with Crippen LogP contribution in [0.3, 0.4) is 0 Å². The highest BCUT2D eigenvalue weighted by atomic mass is 16.1. The van der Waals surface area contributed by atoms with Gasteiger partial charge in [-0.2, -0.15) is 0 Å². The lowest BCUT2D eigenvalue weighted by atomic mass is 10.0. The maximum absolute atomic E-state index is 12.6. The molecule has 150 valence electrons. The largest absolute Gasteiger partial charge is 0.371 e. The Hall–Kier alpha value is -2.33. The quantitative estimate of drug-likeness (QED) is 0.662. The SMILES string of the molecule is CCCCNC1CCN(c2ccc(C(=O)N[C@@H](C)c3ccccc3)cc2)CC1. The molecule has 2 aromatic rings. The minimum absolute atomic E-state index is 0.00684. The summed E-state index contributed by atoms with van der Waals surface area (Å²) in [6, 6.07) is 18.7. The smallest absolute Gasteiger partial charge is 0.251 e. The molecule has 2 N–H and O–H groups in total. The van der Waals surface area contributed by atoms with E-state index < -0.39 is 0 Å². The molecule has 0 radical (unpaired) electrons. The Kier molecular flexibility index (Phi) is 7.49. The molecular formula is C24H33N3O. The first-order valence-electron chi connectivity index (χ1n) is 10.6. The van der Waals surface area contributed by atoms with Crippen molar-refractivity contribution in [3.63, 3.8) is 0 Å². The number of unbranched alkanes of at least 4 members (excludes halogenated alkanes) is 1. The van der Waals surface area contributed by atoms with Gasteiger partial charge in [-0.3, -0.25) is 4.79 Å². The summed E-state index contributed by atoms with van der Waals surface area (Å²) in [7, 11) is 0. The molecule has 28 heavy (non-hydrogen) atoms. The zero-order valence-corrected chi connectivity index (χ0v) is 17.2. The summed E-state index contributed by atoms with van der Waals surface area (Å²) in [6.45, 7) is 7.52. The second-order valence-electron chi connectivity index (χ2n) is 7.72. The monoisotopic (exact) mass is 379 g/mol. The highest BCUT2D eigenvalue weighted by Gasteiger charge is 2.19.